The van der Waals surface area contributed by atoms with E-state index in [9.17, 15) is 9.59 Å². The van der Waals surface area contributed by atoms with E-state index in [4.69, 9.17) is 11.6 Å². The number of nitrogens with zero attached hydrogens (tertiary/aromatic N) is 1. The molecule has 0 aromatic heterocycles. The molecular weight excluding hydrogens is 276 g/mol. The van der Waals surface area contributed by atoms with Crippen LogP contribution in [0.5, 0.6) is 0 Å². The molecule has 20 heavy (non-hydrogen) atoms. The molecule has 1 saturated carbocycles. The van der Waals surface area contributed by atoms with Gasteiger partial charge >= 0.3 is 6.03 Å². The van der Waals surface area contributed by atoms with Crippen LogP contribution in [0.2, 0.25) is 5.02 Å². The Hall–Kier alpha value is -1.55. The van der Waals surface area contributed by atoms with Crippen LogP contribution in [0, 0.1) is 0 Å². The number of nitrogens with one attached hydrogen (secondary N) is 1. The second kappa shape index (κ2) is 5.09. The highest BCUT2D eigenvalue weighted by Crippen LogP contribution is 2.34. The molecule has 1 N–H and O–H groups in total. The van der Waals surface area contributed by atoms with Crippen molar-refractivity contribution >= 4 is 23.5 Å². The molecule has 106 valence electrons. The highest BCUT2D eigenvalue weighted by Gasteiger charge is 2.51. The molecule has 0 unspecified atom stereocenters. The van der Waals surface area contributed by atoms with Crippen LogP contribution in [0.3, 0.4) is 0 Å². The van der Waals surface area contributed by atoms with Crippen LogP contribution < -0.4 is 5.32 Å². The van der Waals surface area contributed by atoms with E-state index in [1.807, 2.05) is 18.2 Å². The lowest BCUT2D eigenvalue weighted by Gasteiger charge is -2.30. The third-order valence-corrected chi connectivity index (χ3v) is 4.61. The summed E-state index contributed by atoms with van der Waals surface area (Å²) in [6.45, 7) is 0.242. The van der Waals surface area contributed by atoms with Crippen LogP contribution in [0.4, 0.5) is 4.79 Å². The van der Waals surface area contributed by atoms with Gasteiger partial charge in [-0.25, -0.2) is 4.79 Å². The Labute approximate surface area is 123 Å². The van der Waals surface area contributed by atoms with E-state index in [0.29, 0.717) is 5.02 Å². The normalized spacial score (nSPS) is 21.4. The van der Waals surface area contributed by atoms with E-state index in [2.05, 4.69) is 5.32 Å². The van der Waals surface area contributed by atoms with E-state index < -0.39 is 5.54 Å². The number of hydrogen-bond donors (Lipinski definition) is 1. The second-order valence-corrected chi connectivity index (χ2v) is 5.96. The number of imide groups is 1. The van der Waals surface area contributed by atoms with Crippen molar-refractivity contribution in [3.63, 3.8) is 0 Å². The van der Waals surface area contributed by atoms with Gasteiger partial charge in [0.05, 0.1) is 6.54 Å². The van der Waals surface area contributed by atoms with Gasteiger partial charge in [-0.1, -0.05) is 49.1 Å². The van der Waals surface area contributed by atoms with Crippen LogP contribution >= 0.6 is 11.6 Å². The van der Waals surface area contributed by atoms with Crippen molar-refractivity contribution in [2.24, 2.45) is 0 Å². The maximum atomic E-state index is 12.6. The molecule has 1 spiro atoms. The van der Waals surface area contributed by atoms with E-state index in [1.165, 1.54) is 4.90 Å². The molecule has 1 aliphatic carbocycles. The second-order valence-electron chi connectivity index (χ2n) is 5.56. The Morgan fingerprint density at radius 3 is 2.55 bits per heavy atom. The lowest BCUT2D eigenvalue weighted by molar-refractivity contribution is -0.132. The van der Waals surface area contributed by atoms with Crippen LogP contribution in [0.25, 0.3) is 0 Å². The van der Waals surface area contributed by atoms with E-state index in [0.717, 1.165) is 37.7 Å². The Morgan fingerprint density at radius 2 is 1.85 bits per heavy atom. The smallest absolute Gasteiger partial charge is 0.323 e. The van der Waals surface area contributed by atoms with Crippen LogP contribution in [-0.2, 0) is 11.3 Å². The van der Waals surface area contributed by atoms with Gasteiger partial charge in [0.25, 0.3) is 5.91 Å². The Balaban J connectivity index is 1.82. The number of urea groups is 1. The van der Waals surface area contributed by atoms with Crippen molar-refractivity contribution in [2.75, 3.05) is 0 Å². The monoisotopic (exact) mass is 292 g/mol. The third kappa shape index (κ3) is 2.18. The highest BCUT2D eigenvalue weighted by atomic mass is 35.5. The Morgan fingerprint density at radius 1 is 1.15 bits per heavy atom. The maximum absolute atomic E-state index is 12.6. The Kier molecular flexibility index (Phi) is 3.42. The molecule has 0 radical (unpaired) electrons. The van der Waals surface area contributed by atoms with Gasteiger partial charge in [-0.2, -0.15) is 0 Å². The molecule has 1 heterocycles. The average molecular weight is 293 g/mol. The minimum absolute atomic E-state index is 0.0953. The maximum Gasteiger partial charge on any atom is 0.325 e. The summed E-state index contributed by atoms with van der Waals surface area (Å²) >= 11 is 6.11. The fraction of sp³-hybridized carbons (Fsp3) is 0.467. The zero-order valence-electron chi connectivity index (χ0n) is 11.2. The first-order chi connectivity index (χ1) is 9.62. The highest BCUT2D eigenvalue weighted by molar-refractivity contribution is 6.31. The van der Waals surface area contributed by atoms with E-state index in [-0.39, 0.29) is 18.5 Å². The topological polar surface area (TPSA) is 49.4 Å². The zero-order chi connectivity index (χ0) is 14.2. The van der Waals surface area contributed by atoms with Crippen molar-refractivity contribution in [3.8, 4) is 0 Å². The van der Waals surface area contributed by atoms with Gasteiger partial charge in [0.2, 0.25) is 0 Å². The first-order valence-corrected chi connectivity index (χ1v) is 7.38. The van der Waals surface area contributed by atoms with Gasteiger partial charge < -0.3 is 5.32 Å². The van der Waals surface area contributed by atoms with Crippen LogP contribution in [-0.4, -0.2) is 22.4 Å². The number of carbonyl (C=O) groups is 2. The molecule has 5 heteroatoms. The van der Waals surface area contributed by atoms with Gasteiger partial charge in [-0.3, -0.25) is 9.69 Å². The third-order valence-electron chi connectivity index (χ3n) is 4.24. The van der Waals surface area contributed by atoms with Gasteiger partial charge in [0, 0.05) is 5.02 Å². The van der Waals surface area contributed by atoms with Crippen LogP contribution in [0.15, 0.2) is 24.3 Å². The number of carbonyl (C=O) groups excluding carboxylic acids is 2. The summed E-state index contributed by atoms with van der Waals surface area (Å²) < 4.78 is 0. The van der Waals surface area contributed by atoms with E-state index in [1.54, 1.807) is 6.07 Å². The molecule has 1 aromatic rings. The SMILES string of the molecule is O=C1NC2(CCCCC2)C(=O)N1Cc1ccccc1Cl. The predicted octanol–water partition coefficient (Wildman–Crippen LogP) is 3.09. The predicted molar refractivity (Wildman–Crippen MR) is 76.3 cm³/mol. The first kappa shape index (κ1) is 13.4. The fourth-order valence-corrected chi connectivity index (χ4v) is 3.31. The number of halogens is 1. The number of rotatable bonds is 2. The molecule has 1 saturated heterocycles. The van der Waals surface area contributed by atoms with Crippen molar-refractivity contribution in [3.05, 3.63) is 34.9 Å². The van der Waals surface area contributed by atoms with Gasteiger partial charge in [0.15, 0.2) is 0 Å². The van der Waals surface area contributed by atoms with Gasteiger partial charge in [-0.15, -0.1) is 0 Å². The van der Waals surface area contributed by atoms with Crippen molar-refractivity contribution in [2.45, 2.75) is 44.2 Å². The number of amides is 3. The zero-order valence-corrected chi connectivity index (χ0v) is 11.9. The molecule has 0 bridgehead atoms. The summed E-state index contributed by atoms with van der Waals surface area (Å²) in [4.78, 5) is 26.0. The molecule has 0 atom stereocenters. The molecule has 1 aliphatic heterocycles. The van der Waals surface area contributed by atoms with Crippen molar-refractivity contribution in [1.29, 1.82) is 0 Å². The summed E-state index contributed by atoms with van der Waals surface area (Å²) in [6, 6.07) is 7.01. The quantitative estimate of drug-likeness (QED) is 0.852. The van der Waals surface area contributed by atoms with Crippen molar-refractivity contribution < 1.29 is 9.59 Å². The molecule has 4 nitrogen and oxygen atoms in total. The largest absolute Gasteiger partial charge is 0.325 e. The summed E-state index contributed by atoms with van der Waals surface area (Å²) in [5, 5.41) is 3.48. The van der Waals surface area contributed by atoms with E-state index >= 15 is 0 Å². The standard InChI is InChI=1S/C15H17ClN2O2/c16-12-7-3-2-6-11(12)10-18-13(19)15(17-14(18)20)8-4-1-5-9-15/h2-3,6-7H,1,4-5,8-10H2,(H,17,20). The molecular formula is C15H17ClN2O2. The number of hydrogen-bond acceptors (Lipinski definition) is 2. The van der Waals surface area contributed by atoms with Crippen molar-refractivity contribution in [1.82, 2.24) is 10.2 Å². The van der Waals surface area contributed by atoms with Gasteiger partial charge in [0.1, 0.15) is 5.54 Å². The number of benzene rings is 1. The molecule has 2 fully saturated rings. The lowest BCUT2D eigenvalue weighted by Crippen LogP contribution is -2.48. The molecule has 3 rings (SSSR count). The summed E-state index contributed by atoms with van der Waals surface area (Å²) in [6.07, 6.45) is 4.61. The Bertz CT molecular complexity index is 553. The summed E-state index contributed by atoms with van der Waals surface area (Å²) in [7, 11) is 0. The minimum Gasteiger partial charge on any atom is -0.323 e. The van der Waals surface area contributed by atoms with Gasteiger partial charge in [-0.05, 0) is 24.5 Å². The average Bonchev–Trinajstić information content (AvgIpc) is 2.66. The first-order valence-electron chi connectivity index (χ1n) is 7.00. The minimum atomic E-state index is -0.656. The van der Waals surface area contributed by atoms with Crippen LogP contribution in [0.1, 0.15) is 37.7 Å². The summed E-state index contributed by atoms with van der Waals surface area (Å²) in [5.74, 6) is -0.0953. The molecule has 1 aromatic carbocycles. The molecule has 2 aliphatic rings. The fourth-order valence-electron chi connectivity index (χ4n) is 3.11. The summed E-state index contributed by atoms with van der Waals surface area (Å²) in [5.41, 5.74) is 0.141. The molecule has 3 amide bonds. The lowest BCUT2D eigenvalue weighted by atomic mass is 9.82.